The third-order valence-electron chi connectivity index (χ3n) is 3.81. The van der Waals surface area contributed by atoms with E-state index in [1.165, 1.54) is 5.56 Å². The standard InChI is InChI=1S/C19H22Cl2N2O/c1-14(17-10-9-16(20)12-18(17)21)23-13-19(24)22-11-5-8-15-6-3-2-4-7-15/h2-4,6-7,9-10,12,14,23H,5,8,11,13H2,1H3,(H,22,24)/t14-/m1/s1. The summed E-state index contributed by atoms with van der Waals surface area (Å²) in [5, 5.41) is 7.31. The van der Waals surface area contributed by atoms with Crippen LogP contribution in [0.15, 0.2) is 48.5 Å². The van der Waals surface area contributed by atoms with Crippen molar-refractivity contribution in [1.29, 1.82) is 0 Å². The number of rotatable bonds is 8. The highest BCUT2D eigenvalue weighted by Crippen LogP contribution is 2.25. The van der Waals surface area contributed by atoms with Crippen LogP contribution in [-0.2, 0) is 11.2 Å². The van der Waals surface area contributed by atoms with Gasteiger partial charge in [-0.05, 0) is 43.0 Å². The molecular formula is C19H22Cl2N2O. The molecule has 0 unspecified atom stereocenters. The third-order valence-corrected chi connectivity index (χ3v) is 4.37. The quantitative estimate of drug-likeness (QED) is 0.681. The number of carbonyl (C=O) groups excluding carboxylic acids is 1. The molecule has 2 aromatic rings. The molecule has 0 radical (unpaired) electrons. The van der Waals surface area contributed by atoms with E-state index in [0.717, 1.165) is 18.4 Å². The number of hydrogen-bond donors (Lipinski definition) is 2. The third kappa shape index (κ3) is 6.16. The van der Waals surface area contributed by atoms with Crippen LogP contribution in [0.2, 0.25) is 10.0 Å². The zero-order chi connectivity index (χ0) is 17.4. The molecule has 0 saturated carbocycles. The number of hydrogen-bond acceptors (Lipinski definition) is 2. The lowest BCUT2D eigenvalue weighted by Crippen LogP contribution is -2.35. The van der Waals surface area contributed by atoms with Gasteiger partial charge in [0.15, 0.2) is 0 Å². The molecule has 5 heteroatoms. The first-order chi connectivity index (χ1) is 11.6. The molecule has 0 bridgehead atoms. The molecule has 3 nitrogen and oxygen atoms in total. The molecule has 0 aliphatic carbocycles. The molecule has 1 amide bonds. The van der Waals surface area contributed by atoms with Crippen molar-refractivity contribution >= 4 is 29.1 Å². The lowest BCUT2D eigenvalue weighted by molar-refractivity contribution is -0.120. The van der Waals surface area contributed by atoms with Gasteiger partial charge in [0.05, 0.1) is 6.54 Å². The van der Waals surface area contributed by atoms with Gasteiger partial charge in [0.2, 0.25) is 5.91 Å². The van der Waals surface area contributed by atoms with E-state index < -0.39 is 0 Å². The van der Waals surface area contributed by atoms with Gasteiger partial charge in [0, 0.05) is 22.6 Å². The summed E-state index contributed by atoms with van der Waals surface area (Å²) in [6.45, 7) is 2.90. The Morgan fingerprint density at radius 1 is 1.12 bits per heavy atom. The van der Waals surface area contributed by atoms with E-state index in [9.17, 15) is 4.79 Å². The number of carbonyl (C=O) groups is 1. The summed E-state index contributed by atoms with van der Waals surface area (Å²) in [5.41, 5.74) is 2.22. The number of halogens is 2. The molecule has 0 aliphatic heterocycles. The molecule has 2 aromatic carbocycles. The molecule has 128 valence electrons. The van der Waals surface area contributed by atoms with Gasteiger partial charge in [0.1, 0.15) is 0 Å². The topological polar surface area (TPSA) is 41.1 Å². The molecule has 0 fully saturated rings. The molecule has 24 heavy (non-hydrogen) atoms. The Morgan fingerprint density at radius 3 is 2.58 bits per heavy atom. The Bertz CT molecular complexity index is 662. The smallest absolute Gasteiger partial charge is 0.233 e. The summed E-state index contributed by atoms with van der Waals surface area (Å²) in [4.78, 5) is 11.9. The van der Waals surface area contributed by atoms with Crippen molar-refractivity contribution in [3.63, 3.8) is 0 Å². The normalized spacial score (nSPS) is 12.0. The molecule has 0 heterocycles. The molecule has 2 rings (SSSR count). The van der Waals surface area contributed by atoms with E-state index in [2.05, 4.69) is 22.8 Å². The Kier molecular flexibility index (Phi) is 7.57. The van der Waals surface area contributed by atoms with Crippen LogP contribution in [0.1, 0.15) is 30.5 Å². The largest absolute Gasteiger partial charge is 0.355 e. The number of amides is 1. The average Bonchev–Trinajstić information content (AvgIpc) is 2.57. The summed E-state index contributed by atoms with van der Waals surface area (Å²) in [5.74, 6) is -0.0139. The summed E-state index contributed by atoms with van der Waals surface area (Å²) in [7, 11) is 0. The molecule has 2 N–H and O–H groups in total. The van der Waals surface area contributed by atoms with E-state index in [-0.39, 0.29) is 18.5 Å². The van der Waals surface area contributed by atoms with Crippen molar-refractivity contribution in [1.82, 2.24) is 10.6 Å². The van der Waals surface area contributed by atoms with Crippen molar-refractivity contribution in [3.8, 4) is 0 Å². The predicted octanol–water partition coefficient (Wildman–Crippen LogP) is 4.39. The van der Waals surface area contributed by atoms with E-state index in [4.69, 9.17) is 23.2 Å². The first-order valence-corrected chi connectivity index (χ1v) is 8.81. The second-order valence-corrected chi connectivity index (χ2v) is 6.55. The van der Waals surface area contributed by atoms with Crippen LogP contribution in [-0.4, -0.2) is 19.0 Å². The fourth-order valence-corrected chi connectivity index (χ4v) is 3.01. The van der Waals surface area contributed by atoms with Gasteiger partial charge in [-0.2, -0.15) is 0 Å². The van der Waals surface area contributed by atoms with Crippen LogP contribution in [0.4, 0.5) is 0 Å². The summed E-state index contributed by atoms with van der Waals surface area (Å²) >= 11 is 12.1. The van der Waals surface area contributed by atoms with Crippen LogP contribution in [0.25, 0.3) is 0 Å². The van der Waals surface area contributed by atoms with Gasteiger partial charge >= 0.3 is 0 Å². The summed E-state index contributed by atoms with van der Waals surface area (Å²) in [6.07, 6.45) is 1.89. The lowest BCUT2D eigenvalue weighted by Gasteiger charge is -2.15. The van der Waals surface area contributed by atoms with Gasteiger partial charge in [-0.3, -0.25) is 4.79 Å². The van der Waals surface area contributed by atoms with Crippen molar-refractivity contribution < 1.29 is 4.79 Å². The maximum atomic E-state index is 11.9. The molecule has 0 aromatic heterocycles. The Hall–Kier alpha value is -1.55. The summed E-state index contributed by atoms with van der Waals surface area (Å²) in [6, 6.07) is 15.6. The number of aryl methyl sites for hydroxylation is 1. The zero-order valence-electron chi connectivity index (χ0n) is 13.7. The molecule has 0 spiro atoms. The van der Waals surface area contributed by atoms with E-state index in [1.807, 2.05) is 31.2 Å². The fraction of sp³-hybridized carbons (Fsp3) is 0.316. The SMILES string of the molecule is C[C@@H](NCC(=O)NCCCc1ccccc1)c1ccc(Cl)cc1Cl. The second-order valence-electron chi connectivity index (χ2n) is 5.71. The minimum Gasteiger partial charge on any atom is -0.355 e. The molecule has 0 saturated heterocycles. The van der Waals surface area contributed by atoms with Gasteiger partial charge in [-0.1, -0.05) is 59.6 Å². The molecular weight excluding hydrogens is 343 g/mol. The maximum Gasteiger partial charge on any atom is 0.233 e. The number of benzene rings is 2. The second kappa shape index (κ2) is 9.67. The van der Waals surface area contributed by atoms with Crippen LogP contribution < -0.4 is 10.6 Å². The number of nitrogens with one attached hydrogen (secondary N) is 2. The van der Waals surface area contributed by atoms with E-state index in [0.29, 0.717) is 16.6 Å². The minimum atomic E-state index is -0.0233. The van der Waals surface area contributed by atoms with Crippen molar-refractivity contribution in [2.45, 2.75) is 25.8 Å². The zero-order valence-corrected chi connectivity index (χ0v) is 15.2. The first-order valence-electron chi connectivity index (χ1n) is 8.05. The van der Waals surface area contributed by atoms with E-state index >= 15 is 0 Å². The van der Waals surface area contributed by atoms with Crippen LogP contribution in [0.3, 0.4) is 0 Å². The van der Waals surface area contributed by atoms with E-state index in [1.54, 1.807) is 12.1 Å². The summed E-state index contributed by atoms with van der Waals surface area (Å²) < 4.78 is 0. The van der Waals surface area contributed by atoms with Gasteiger partial charge < -0.3 is 10.6 Å². The Balaban J connectivity index is 1.67. The lowest BCUT2D eigenvalue weighted by atomic mass is 10.1. The van der Waals surface area contributed by atoms with Crippen LogP contribution in [0.5, 0.6) is 0 Å². The molecule has 1 atom stereocenters. The highest BCUT2D eigenvalue weighted by Gasteiger charge is 2.11. The van der Waals surface area contributed by atoms with Gasteiger partial charge in [0.25, 0.3) is 0 Å². The van der Waals surface area contributed by atoms with Gasteiger partial charge in [-0.15, -0.1) is 0 Å². The fourth-order valence-electron chi connectivity index (χ4n) is 2.44. The minimum absolute atomic E-state index is 0.0139. The predicted molar refractivity (Wildman–Crippen MR) is 101 cm³/mol. The highest BCUT2D eigenvalue weighted by molar-refractivity contribution is 6.35. The van der Waals surface area contributed by atoms with Gasteiger partial charge in [-0.25, -0.2) is 0 Å². The van der Waals surface area contributed by atoms with Crippen molar-refractivity contribution in [3.05, 3.63) is 69.7 Å². The Morgan fingerprint density at radius 2 is 1.88 bits per heavy atom. The van der Waals surface area contributed by atoms with Crippen molar-refractivity contribution in [2.24, 2.45) is 0 Å². The maximum absolute atomic E-state index is 11.9. The van der Waals surface area contributed by atoms with Crippen molar-refractivity contribution in [2.75, 3.05) is 13.1 Å². The first kappa shape index (κ1) is 18.8. The highest BCUT2D eigenvalue weighted by atomic mass is 35.5. The average molecular weight is 365 g/mol. The monoisotopic (exact) mass is 364 g/mol. The Labute approximate surface area is 153 Å². The molecule has 0 aliphatic rings. The van der Waals surface area contributed by atoms with Crippen LogP contribution in [0, 0.1) is 0 Å². The van der Waals surface area contributed by atoms with Crippen LogP contribution >= 0.6 is 23.2 Å².